The molecule has 0 aliphatic rings. The molecule has 4 aromatic carbocycles. The average molecular weight is 617 g/mol. The van der Waals surface area contributed by atoms with E-state index >= 15 is 0 Å². The topological polar surface area (TPSA) is 96.5 Å². The van der Waals surface area contributed by atoms with Crippen LogP contribution in [-0.2, 0) is 9.59 Å². The Morgan fingerprint density at radius 2 is 1.43 bits per heavy atom. The Kier molecular flexibility index (Phi) is 10.1. The molecule has 3 N–H and O–H groups in total. The molecule has 0 atom stereocenters. The van der Waals surface area contributed by atoms with Crippen molar-refractivity contribution in [3.05, 3.63) is 124 Å². The minimum atomic E-state index is -0.466. The molecule has 0 spiro atoms. The number of methoxy groups -OCH3 is 1. The van der Waals surface area contributed by atoms with Crippen LogP contribution in [0, 0.1) is 0 Å². The molecule has 40 heavy (non-hydrogen) atoms. The summed E-state index contributed by atoms with van der Waals surface area (Å²) in [5.74, 6) is -0.0488. The highest BCUT2D eigenvalue weighted by Crippen LogP contribution is 2.22. The van der Waals surface area contributed by atoms with Crippen LogP contribution in [-0.4, -0.2) is 30.6 Å². The summed E-state index contributed by atoms with van der Waals surface area (Å²) in [6.07, 6.45) is 1.62. The lowest BCUT2D eigenvalue weighted by atomic mass is 10.1. The molecular formula is C31H26BrN3O4S. The Hall–Kier alpha value is -4.34. The minimum Gasteiger partial charge on any atom is -0.497 e. The monoisotopic (exact) mass is 615 g/mol. The Morgan fingerprint density at radius 1 is 0.800 bits per heavy atom. The second kappa shape index (κ2) is 14.2. The van der Waals surface area contributed by atoms with E-state index in [4.69, 9.17) is 4.74 Å². The molecule has 0 aliphatic carbocycles. The molecule has 4 rings (SSSR count). The fraction of sp³-hybridized carbons (Fsp3) is 0.0645. The van der Waals surface area contributed by atoms with E-state index in [2.05, 4.69) is 31.9 Å². The van der Waals surface area contributed by atoms with Gasteiger partial charge in [-0.15, -0.1) is 11.8 Å². The predicted octanol–water partition coefficient (Wildman–Crippen LogP) is 6.60. The van der Waals surface area contributed by atoms with Gasteiger partial charge in [-0.3, -0.25) is 14.4 Å². The highest BCUT2D eigenvalue weighted by atomic mass is 79.9. The molecule has 0 radical (unpaired) electrons. The molecule has 0 aromatic heterocycles. The van der Waals surface area contributed by atoms with Gasteiger partial charge in [-0.1, -0.05) is 46.3 Å². The van der Waals surface area contributed by atoms with Gasteiger partial charge in [0.2, 0.25) is 5.91 Å². The van der Waals surface area contributed by atoms with E-state index in [0.29, 0.717) is 22.7 Å². The quantitative estimate of drug-likeness (QED) is 0.138. The van der Waals surface area contributed by atoms with E-state index in [9.17, 15) is 14.4 Å². The zero-order chi connectivity index (χ0) is 28.3. The van der Waals surface area contributed by atoms with Crippen LogP contribution in [0.3, 0.4) is 0 Å². The average Bonchev–Trinajstić information content (AvgIpc) is 2.98. The number of carbonyl (C=O) groups excluding carboxylic acids is 3. The fourth-order valence-electron chi connectivity index (χ4n) is 3.52. The summed E-state index contributed by atoms with van der Waals surface area (Å²) in [6.45, 7) is 0. The molecule has 4 aromatic rings. The number of amides is 3. The first-order chi connectivity index (χ1) is 19.4. The number of benzene rings is 4. The summed E-state index contributed by atoms with van der Waals surface area (Å²) in [6, 6.07) is 30.3. The number of hydrogen-bond donors (Lipinski definition) is 3. The highest BCUT2D eigenvalue weighted by molar-refractivity contribution is 9.10. The van der Waals surface area contributed by atoms with Crippen molar-refractivity contribution in [2.45, 2.75) is 4.90 Å². The number of hydrogen-bond acceptors (Lipinski definition) is 5. The number of rotatable bonds is 10. The van der Waals surface area contributed by atoms with E-state index in [1.165, 1.54) is 11.8 Å². The van der Waals surface area contributed by atoms with Gasteiger partial charge in [0.25, 0.3) is 11.8 Å². The van der Waals surface area contributed by atoms with Crippen LogP contribution in [0.5, 0.6) is 5.75 Å². The van der Waals surface area contributed by atoms with Crippen LogP contribution in [0.2, 0.25) is 0 Å². The number of ether oxygens (including phenoxy) is 1. The van der Waals surface area contributed by atoms with Gasteiger partial charge in [-0.05, 0) is 84.4 Å². The first-order valence-electron chi connectivity index (χ1n) is 12.2. The summed E-state index contributed by atoms with van der Waals surface area (Å²) >= 11 is 4.78. The van der Waals surface area contributed by atoms with Crippen molar-refractivity contribution in [3.63, 3.8) is 0 Å². The predicted molar refractivity (Wildman–Crippen MR) is 163 cm³/mol. The number of thioether (sulfide) groups is 1. The Labute approximate surface area is 245 Å². The third-order valence-electron chi connectivity index (χ3n) is 5.57. The Morgan fingerprint density at radius 3 is 2.08 bits per heavy atom. The molecular weight excluding hydrogens is 590 g/mol. The molecule has 0 unspecified atom stereocenters. The van der Waals surface area contributed by atoms with E-state index < -0.39 is 11.8 Å². The molecule has 0 bridgehead atoms. The van der Waals surface area contributed by atoms with Crippen LogP contribution in [0.15, 0.2) is 118 Å². The van der Waals surface area contributed by atoms with Crippen molar-refractivity contribution >= 4 is 62.9 Å². The first kappa shape index (κ1) is 28.7. The summed E-state index contributed by atoms with van der Waals surface area (Å²) in [5.41, 5.74) is 2.53. The largest absolute Gasteiger partial charge is 0.497 e. The Balaban J connectivity index is 1.38. The van der Waals surface area contributed by atoms with Crippen molar-refractivity contribution in [3.8, 4) is 5.75 Å². The normalized spacial score (nSPS) is 10.9. The fourth-order valence-corrected chi connectivity index (χ4v) is 4.48. The van der Waals surface area contributed by atoms with E-state index in [0.717, 1.165) is 14.9 Å². The summed E-state index contributed by atoms with van der Waals surface area (Å²) < 4.78 is 6.03. The molecule has 0 saturated heterocycles. The van der Waals surface area contributed by atoms with Gasteiger partial charge in [-0.25, -0.2) is 0 Å². The molecule has 202 valence electrons. The van der Waals surface area contributed by atoms with Gasteiger partial charge in [0.05, 0.1) is 12.9 Å². The van der Waals surface area contributed by atoms with E-state index in [1.807, 2.05) is 42.5 Å². The number of anilines is 2. The van der Waals surface area contributed by atoms with Crippen molar-refractivity contribution in [1.29, 1.82) is 0 Å². The molecule has 3 amide bonds. The SMILES string of the molecule is COc1ccc(NC(=O)CSc2ccc(NC(=O)/C(=C/c3ccc(Br)cc3)NC(=O)c3ccccc3)cc2)cc1. The van der Waals surface area contributed by atoms with Crippen molar-refractivity contribution in [1.82, 2.24) is 5.32 Å². The van der Waals surface area contributed by atoms with Gasteiger partial charge in [0, 0.05) is 26.3 Å². The van der Waals surface area contributed by atoms with Crippen molar-refractivity contribution in [2.24, 2.45) is 0 Å². The number of nitrogens with one attached hydrogen (secondary N) is 3. The zero-order valence-corrected chi connectivity index (χ0v) is 23.9. The number of carbonyl (C=O) groups is 3. The third-order valence-corrected chi connectivity index (χ3v) is 7.11. The molecule has 0 aliphatic heterocycles. The second-order valence-electron chi connectivity index (χ2n) is 8.47. The maximum Gasteiger partial charge on any atom is 0.272 e. The lowest BCUT2D eigenvalue weighted by Gasteiger charge is -2.12. The second-order valence-corrected chi connectivity index (χ2v) is 10.4. The van der Waals surface area contributed by atoms with Gasteiger partial charge in [0.15, 0.2) is 0 Å². The third kappa shape index (κ3) is 8.59. The maximum atomic E-state index is 13.2. The van der Waals surface area contributed by atoms with Gasteiger partial charge < -0.3 is 20.7 Å². The Bertz CT molecular complexity index is 1490. The highest BCUT2D eigenvalue weighted by Gasteiger charge is 2.15. The lowest BCUT2D eigenvalue weighted by Crippen LogP contribution is -2.30. The number of halogens is 1. The van der Waals surface area contributed by atoms with Crippen molar-refractivity contribution in [2.75, 3.05) is 23.5 Å². The lowest BCUT2D eigenvalue weighted by molar-refractivity contribution is -0.114. The minimum absolute atomic E-state index is 0.102. The molecule has 7 nitrogen and oxygen atoms in total. The molecule has 0 fully saturated rings. The standard InChI is InChI=1S/C31H26BrN3O4S/c1-39-26-15-11-24(12-16-26)33-29(36)20-40-27-17-13-25(14-18-27)34-31(38)28(19-21-7-9-23(32)10-8-21)35-30(37)22-5-3-2-4-6-22/h2-19H,20H2,1H3,(H,33,36)(H,34,38)(H,35,37)/b28-19-. The smallest absolute Gasteiger partial charge is 0.272 e. The van der Waals surface area contributed by atoms with Crippen LogP contribution < -0.4 is 20.7 Å². The van der Waals surface area contributed by atoms with Crippen LogP contribution >= 0.6 is 27.7 Å². The van der Waals surface area contributed by atoms with Crippen LogP contribution in [0.1, 0.15) is 15.9 Å². The van der Waals surface area contributed by atoms with E-state index in [-0.39, 0.29) is 17.4 Å². The van der Waals surface area contributed by atoms with Gasteiger partial charge >= 0.3 is 0 Å². The molecule has 0 saturated carbocycles. The molecule has 9 heteroatoms. The zero-order valence-electron chi connectivity index (χ0n) is 21.5. The maximum absolute atomic E-state index is 13.2. The van der Waals surface area contributed by atoms with Gasteiger partial charge in [-0.2, -0.15) is 0 Å². The summed E-state index contributed by atoms with van der Waals surface area (Å²) in [4.78, 5) is 39.2. The summed E-state index contributed by atoms with van der Waals surface area (Å²) in [7, 11) is 1.59. The van der Waals surface area contributed by atoms with E-state index in [1.54, 1.807) is 73.8 Å². The molecule has 0 heterocycles. The van der Waals surface area contributed by atoms with Gasteiger partial charge in [0.1, 0.15) is 11.4 Å². The van der Waals surface area contributed by atoms with Crippen LogP contribution in [0.4, 0.5) is 11.4 Å². The summed E-state index contributed by atoms with van der Waals surface area (Å²) in [5, 5.41) is 8.41. The van der Waals surface area contributed by atoms with Crippen molar-refractivity contribution < 1.29 is 19.1 Å². The first-order valence-corrected chi connectivity index (χ1v) is 14.0. The van der Waals surface area contributed by atoms with Crippen LogP contribution in [0.25, 0.3) is 6.08 Å².